The van der Waals surface area contributed by atoms with Crippen molar-refractivity contribution in [1.82, 2.24) is 15.1 Å². The first-order valence-corrected chi connectivity index (χ1v) is 11.7. The third-order valence-electron chi connectivity index (χ3n) is 6.17. The Morgan fingerprint density at radius 2 is 1.74 bits per heavy atom. The van der Waals surface area contributed by atoms with Gasteiger partial charge in [-0.3, -0.25) is 14.5 Å². The Balaban J connectivity index is 1.71. The highest BCUT2D eigenvalue weighted by Crippen LogP contribution is 2.19. The zero-order valence-electron chi connectivity index (χ0n) is 19.5. The second-order valence-corrected chi connectivity index (χ2v) is 8.97. The van der Waals surface area contributed by atoms with Crippen LogP contribution >= 0.6 is 11.6 Å². The van der Waals surface area contributed by atoms with Crippen LogP contribution in [0.15, 0.2) is 48.5 Å². The van der Waals surface area contributed by atoms with Crippen LogP contribution in [0.3, 0.4) is 0 Å². The summed E-state index contributed by atoms with van der Waals surface area (Å²) >= 11 is 6.00. The van der Waals surface area contributed by atoms with Gasteiger partial charge in [-0.25, -0.2) is 4.39 Å². The number of likely N-dealkylation sites (N-methyl/N-ethyl adjacent to an activating group) is 1. The van der Waals surface area contributed by atoms with Crippen molar-refractivity contribution in [2.75, 3.05) is 40.4 Å². The van der Waals surface area contributed by atoms with Crippen molar-refractivity contribution < 1.29 is 18.7 Å². The Morgan fingerprint density at radius 3 is 2.35 bits per heavy atom. The molecule has 1 aliphatic rings. The van der Waals surface area contributed by atoms with Crippen LogP contribution in [-0.2, 0) is 27.2 Å². The molecule has 7 nitrogen and oxygen atoms in total. The van der Waals surface area contributed by atoms with Crippen molar-refractivity contribution in [3.63, 3.8) is 0 Å². The number of rotatable bonds is 9. The van der Waals surface area contributed by atoms with E-state index in [1.807, 2.05) is 24.3 Å². The maximum Gasteiger partial charge on any atom is 0.240 e. The van der Waals surface area contributed by atoms with E-state index in [2.05, 4.69) is 10.2 Å². The van der Waals surface area contributed by atoms with Crippen molar-refractivity contribution in [3.05, 3.63) is 70.5 Å². The molecule has 34 heavy (non-hydrogen) atoms. The Hall–Kier alpha value is -2.52. The van der Waals surface area contributed by atoms with Crippen molar-refractivity contribution >= 4 is 23.4 Å². The number of hydrogen-bond donors (Lipinski definition) is 2. The van der Waals surface area contributed by atoms with Crippen molar-refractivity contribution in [3.8, 4) is 0 Å². The first-order valence-electron chi connectivity index (χ1n) is 11.3. The van der Waals surface area contributed by atoms with Gasteiger partial charge in [-0.2, -0.15) is 0 Å². The SMILES string of the molecule is CNC(=O)C(Cc1ccc(Cl)cc1)N1CCN(C(=O)C(N)Cc2ccc(F)cc2)C(COC)C1. The molecule has 0 radical (unpaired) electrons. The van der Waals surface area contributed by atoms with Crippen molar-refractivity contribution in [2.24, 2.45) is 5.73 Å². The molecule has 1 heterocycles. The molecule has 0 saturated carbocycles. The molecule has 2 amide bonds. The Labute approximate surface area is 205 Å². The smallest absolute Gasteiger partial charge is 0.240 e. The molecule has 0 spiro atoms. The van der Waals surface area contributed by atoms with Gasteiger partial charge < -0.3 is 20.7 Å². The fourth-order valence-electron chi connectivity index (χ4n) is 4.36. The normalized spacial score (nSPS) is 18.4. The fraction of sp³-hybridized carbons (Fsp3) is 0.440. The number of halogens is 2. The van der Waals surface area contributed by atoms with Crippen LogP contribution in [0.2, 0.25) is 5.02 Å². The maximum atomic E-state index is 13.2. The predicted molar refractivity (Wildman–Crippen MR) is 130 cm³/mol. The van der Waals surface area contributed by atoms with Crippen LogP contribution in [0.1, 0.15) is 11.1 Å². The molecule has 2 aromatic rings. The molecule has 1 saturated heterocycles. The highest BCUT2D eigenvalue weighted by Gasteiger charge is 2.37. The highest BCUT2D eigenvalue weighted by molar-refractivity contribution is 6.30. The Morgan fingerprint density at radius 1 is 1.12 bits per heavy atom. The van der Waals surface area contributed by atoms with Gasteiger partial charge in [-0.1, -0.05) is 35.9 Å². The Kier molecular flexibility index (Phi) is 9.41. The minimum absolute atomic E-state index is 0.0843. The van der Waals surface area contributed by atoms with Crippen LogP contribution in [0, 0.1) is 5.82 Å². The number of nitrogens with zero attached hydrogens (tertiary/aromatic N) is 2. The minimum Gasteiger partial charge on any atom is -0.382 e. The summed E-state index contributed by atoms with van der Waals surface area (Å²) in [5, 5.41) is 3.40. The van der Waals surface area contributed by atoms with E-state index in [0.717, 1.165) is 11.1 Å². The Bertz CT molecular complexity index is 958. The first kappa shape index (κ1) is 26.1. The lowest BCUT2D eigenvalue weighted by molar-refractivity contribution is -0.141. The second-order valence-electron chi connectivity index (χ2n) is 8.53. The zero-order chi connectivity index (χ0) is 24.7. The third kappa shape index (κ3) is 6.76. The molecule has 3 rings (SSSR count). The van der Waals surface area contributed by atoms with Gasteiger partial charge in [0.25, 0.3) is 0 Å². The summed E-state index contributed by atoms with van der Waals surface area (Å²) in [5.74, 6) is -0.594. The average Bonchev–Trinajstić information content (AvgIpc) is 2.84. The lowest BCUT2D eigenvalue weighted by Gasteiger charge is -2.44. The van der Waals surface area contributed by atoms with Crippen LogP contribution in [0.4, 0.5) is 4.39 Å². The zero-order valence-corrected chi connectivity index (χ0v) is 20.3. The van der Waals surface area contributed by atoms with Gasteiger partial charge in [0.05, 0.1) is 24.7 Å². The van der Waals surface area contributed by atoms with Gasteiger partial charge in [-0.05, 0) is 48.2 Å². The van der Waals surface area contributed by atoms with Gasteiger partial charge >= 0.3 is 0 Å². The topological polar surface area (TPSA) is 87.9 Å². The number of nitrogens with two attached hydrogens (primary N) is 1. The lowest BCUT2D eigenvalue weighted by atomic mass is 10.00. The minimum atomic E-state index is -0.750. The molecule has 3 unspecified atom stereocenters. The summed E-state index contributed by atoms with van der Waals surface area (Å²) in [4.78, 5) is 29.8. The van der Waals surface area contributed by atoms with E-state index in [-0.39, 0.29) is 23.7 Å². The van der Waals surface area contributed by atoms with E-state index in [1.165, 1.54) is 12.1 Å². The molecular formula is C25H32ClFN4O3. The number of benzene rings is 2. The molecule has 0 aliphatic carbocycles. The maximum absolute atomic E-state index is 13.2. The quantitative estimate of drug-likeness (QED) is 0.560. The monoisotopic (exact) mass is 490 g/mol. The van der Waals surface area contributed by atoms with Crippen molar-refractivity contribution in [1.29, 1.82) is 0 Å². The molecule has 3 atom stereocenters. The largest absolute Gasteiger partial charge is 0.382 e. The van der Waals surface area contributed by atoms with E-state index in [0.29, 0.717) is 44.1 Å². The molecular weight excluding hydrogens is 459 g/mol. The number of methoxy groups -OCH3 is 1. The molecule has 184 valence electrons. The molecule has 1 fully saturated rings. The predicted octanol–water partition coefficient (Wildman–Crippen LogP) is 1.87. The summed E-state index contributed by atoms with van der Waals surface area (Å²) in [6.07, 6.45) is 0.838. The van der Waals surface area contributed by atoms with E-state index in [4.69, 9.17) is 22.1 Å². The van der Waals surface area contributed by atoms with E-state index >= 15 is 0 Å². The number of amides is 2. The standard InChI is InChI=1S/C25H32ClFN4O3/c1-29-24(32)23(14-18-3-7-19(26)8-4-18)30-11-12-31(21(15-30)16-34-2)25(33)22(28)13-17-5-9-20(27)10-6-17/h3-10,21-23H,11-16,28H2,1-2H3,(H,29,32). The average molecular weight is 491 g/mol. The molecule has 0 aromatic heterocycles. The van der Waals surface area contributed by atoms with Gasteiger partial charge in [0.1, 0.15) is 5.82 Å². The van der Waals surface area contributed by atoms with E-state index in [9.17, 15) is 14.0 Å². The van der Waals surface area contributed by atoms with Crippen molar-refractivity contribution in [2.45, 2.75) is 31.0 Å². The fourth-order valence-corrected chi connectivity index (χ4v) is 4.49. The van der Waals surface area contributed by atoms with Crippen LogP contribution in [-0.4, -0.2) is 80.1 Å². The number of piperazine rings is 1. The highest BCUT2D eigenvalue weighted by atomic mass is 35.5. The second kappa shape index (κ2) is 12.3. The molecule has 9 heteroatoms. The molecule has 1 aliphatic heterocycles. The van der Waals surface area contributed by atoms with Crippen LogP contribution in [0.5, 0.6) is 0 Å². The first-order chi connectivity index (χ1) is 16.3. The number of nitrogens with one attached hydrogen (secondary N) is 1. The van der Waals surface area contributed by atoms with E-state index in [1.54, 1.807) is 31.2 Å². The van der Waals surface area contributed by atoms with Gasteiger partial charge in [0.15, 0.2) is 0 Å². The summed E-state index contributed by atoms with van der Waals surface area (Å²) < 4.78 is 18.6. The number of carbonyl (C=O) groups is 2. The number of ether oxygens (including phenoxy) is 1. The van der Waals surface area contributed by atoms with Gasteiger partial charge in [0, 0.05) is 38.8 Å². The van der Waals surface area contributed by atoms with Crippen LogP contribution < -0.4 is 11.1 Å². The molecule has 0 bridgehead atoms. The molecule has 3 N–H and O–H groups in total. The summed E-state index contributed by atoms with van der Waals surface area (Å²) in [7, 11) is 3.21. The van der Waals surface area contributed by atoms with Gasteiger partial charge in [-0.15, -0.1) is 0 Å². The van der Waals surface area contributed by atoms with Gasteiger partial charge in [0.2, 0.25) is 11.8 Å². The molecule has 2 aromatic carbocycles. The lowest BCUT2D eigenvalue weighted by Crippen LogP contribution is -2.63. The summed E-state index contributed by atoms with van der Waals surface area (Å²) in [5.41, 5.74) is 8.04. The number of carbonyl (C=O) groups excluding carboxylic acids is 2. The summed E-state index contributed by atoms with van der Waals surface area (Å²) in [6, 6.07) is 12.1. The number of hydrogen-bond acceptors (Lipinski definition) is 5. The van der Waals surface area contributed by atoms with Crippen LogP contribution in [0.25, 0.3) is 0 Å². The third-order valence-corrected chi connectivity index (χ3v) is 6.43. The summed E-state index contributed by atoms with van der Waals surface area (Å²) in [6.45, 7) is 1.76. The van der Waals surface area contributed by atoms with E-state index < -0.39 is 12.1 Å².